The van der Waals surface area contributed by atoms with Crippen LogP contribution in [0.15, 0.2) is 36.4 Å². The highest BCUT2D eigenvalue weighted by molar-refractivity contribution is 6.42. The molecule has 0 aromatic heterocycles. The molecule has 178 valence electrons. The molecular weight excluding hydrogens is 502 g/mol. The Balaban J connectivity index is 1.87. The van der Waals surface area contributed by atoms with Crippen LogP contribution in [-0.2, 0) is 22.6 Å². The van der Waals surface area contributed by atoms with Crippen molar-refractivity contribution in [3.63, 3.8) is 0 Å². The van der Waals surface area contributed by atoms with Gasteiger partial charge in [-0.15, -0.1) is 0 Å². The molecule has 2 amide bonds. The molecule has 8 heteroatoms. The van der Waals surface area contributed by atoms with Gasteiger partial charge < -0.3 is 10.2 Å². The van der Waals surface area contributed by atoms with Crippen molar-refractivity contribution in [3.05, 3.63) is 67.6 Å². The first-order chi connectivity index (χ1) is 15.8. The molecule has 0 radical (unpaired) electrons. The summed E-state index contributed by atoms with van der Waals surface area (Å²) >= 11 is 24.9. The number of amides is 2. The van der Waals surface area contributed by atoms with Crippen LogP contribution < -0.4 is 5.32 Å². The van der Waals surface area contributed by atoms with Crippen LogP contribution in [0.4, 0.5) is 0 Å². The Kier molecular flexibility index (Phi) is 9.75. The maximum Gasteiger partial charge on any atom is 0.243 e. The minimum absolute atomic E-state index is 0.00691. The van der Waals surface area contributed by atoms with Gasteiger partial charge in [-0.1, -0.05) is 84.7 Å². The Labute approximate surface area is 215 Å². The molecular formula is C25H28Cl4N2O2. The van der Waals surface area contributed by atoms with E-state index in [-0.39, 0.29) is 30.8 Å². The second-order valence-electron chi connectivity index (χ2n) is 8.41. The Morgan fingerprint density at radius 2 is 1.64 bits per heavy atom. The summed E-state index contributed by atoms with van der Waals surface area (Å²) in [4.78, 5) is 28.4. The van der Waals surface area contributed by atoms with Gasteiger partial charge in [0.25, 0.3) is 0 Å². The first-order valence-electron chi connectivity index (χ1n) is 11.3. The number of nitrogens with zero attached hydrogens (tertiary/aromatic N) is 1. The van der Waals surface area contributed by atoms with E-state index in [1.807, 2.05) is 13.0 Å². The van der Waals surface area contributed by atoms with Crippen molar-refractivity contribution in [2.75, 3.05) is 0 Å². The molecule has 0 saturated heterocycles. The highest BCUT2D eigenvalue weighted by Gasteiger charge is 2.31. The fourth-order valence-corrected chi connectivity index (χ4v) is 5.10. The zero-order valence-electron chi connectivity index (χ0n) is 18.6. The lowest BCUT2D eigenvalue weighted by Crippen LogP contribution is -2.52. The monoisotopic (exact) mass is 528 g/mol. The minimum atomic E-state index is -0.629. The van der Waals surface area contributed by atoms with E-state index in [4.69, 9.17) is 46.4 Å². The third-order valence-electron chi connectivity index (χ3n) is 6.06. The summed E-state index contributed by atoms with van der Waals surface area (Å²) < 4.78 is 0. The molecule has 1 aliphatic carbocycles. The van der Waals surface area contributed by atoms with Gasteiger partial charge in [-0.05, 0) is 54.7 Å². The molecule has 1 saturated carbocycles. The molecule has 0 bridgehead atoms. The van der Waals surface area contributed by atoms with Gasteiger partial charge in [0.2, 0.25) is 11.8 Å². The Hall–Kier alpha value is -1.46. The van der Waals surface area contributed by atoms with Gasteiger partial charge in [-0.3, -0.25) is 9.59 Å². The Morgan fingerprint density at radius 1 is 0.970 bits per heavy atom. The number of carbonyl (C=O) groups is 2. The van der Waals surface area contributed by atoms with Gasteiger partial charge in [0.15, 0.2) is 0 Å². The van der Waals surface area contributed by atoms with Crippen molar-refractivity contribution < 1.29 is 9.59 Å². The molecule has 2 aromatic rings. The summed E-state index contributed by atoms with van der Waals surface area (Å²) in [6.45, 7) is 2.12. The van der Waals surface area contributed by atoms with Crippen molar-refractivity contribution >= 4 is 58.2 Å². The van der Waals surface area contributed by atoms with E-state index in [2.05, 4.69) is 5.32 Å². The van der Waals surface area contributed by atoms with E-state index in [1.54, 1.807) is 35.2 Å². The first-order valence-corrected chi connectivity index (χ1v) is 12.8. The van der Waals surface area contributed by atoms with Gasteiger partial charge in [0.1, 0.15) is 6.04 Å². The molecule has 4 nitrogen and oxygen atoms in total. The van der Waals surface area contributed by atoms with Gasteiger partial charge in [0, 0.05) is 22.6 Å². The zero-order valence-corrected chi connectivity index (χ0v) is 21.6. The lowest BCUT2D eigenvalue weighted by Gasteiger charge is -2.33. The van der Waals surface area contributed by atoms with Crippen molar-refractivity contribution in [2.24, 2.45) is 0 Å². The summed E-state index contributed by atoms with van der Waals surface area (Å²) in [6.07, 6.45) is 5.83. The number of hydrogen-bond acceptors (Lipinski definition) is 2. The molecule has 0 unspecified atom stereocenters. The summed E-state index contributed by atoms with van der Waals surface area (Å²) in [5, 5.41) is 4.84. The summed E-state index contributed by atoms with van der Waals surface area (Å²) in [6, 6.07) is 9.88. The van der Waals surface area contributed by atoms with Crippen LogP contribution in [0.3, 0.4) is 0 Å². The second kappa shape index (κ2) is 12.3. The average molecular weight is 530 g/mol. The highest BCUT2D eigenvalue weighted by atomic mass is 35.5. The van der Waals surface area contributed by atoms with E-state index in [0.717, 1.165) is 31.2 Å². The zero-order chi connectivity index (χ0) is 24.0. The lowest BCUT2D eigenvalue weighted by atomic mass is 9.95. The number of nitrogens with one attached hydrogen (secondary N) is 1. The van der Waals surface area contributed by atoms with E-state index >= 15 is 0 Å². The van der Waals surface area contributed by atoms with E-state index in [1.165, 1.54) is 6.42 Å². The normalized spacial score (nSPS) is 15.2. The third kappa shape index (κ3) is 7.02. The van der Waals surface area contributed by atoms with E-state index < -0.39 is 6.04 Å². The number of halogens is 4. The molecule has 0 spiro atoms. The predicted molar refractivity (Wildman–Crippen MR) is 136 cm³/mol. The number of rotatable bonds is 8. The molecule has 3 rings (SSSR count). The minimum Gasteiger partial charge on any atom is -0.352 e. The maximum absolute atomic E-state index is 13.5. The Bertz CT molecular complexity index is 972. The predicted octanol–water partition coefficient (Wildman–Crippen LogP) is 7.10. The van der Waals surface area contributed by atoms with E-state index in [0.29, 0.717) is 32.1 Å². The fraction of sp³-hybridized carbons (Fsp3) is 0.440. The molecule has 1 fully saturated rings. The van der Waals surface area contributed by atoms with Gasteiger partial charge in [-0.25, -0.2) is 0 Å². The second-order valence-corrected chi connectivity index (χ2v) is 10.0. The average Bonchev–Trinajstić information content (AvgIpc) is 2.79. The van der Waals surface area contributed by atoms with Crippen molar-refractivity contribution in [2.45, 2.75) is 70.5 Å². The molecule has 0 aliphatic heterocycles. The maximum atomic E-state index is 13.5. The Morgan fingerprint density at radius 3 is 2.24 bits per heavy atom. The first kappa shape index (κ1) is 26.2. The highest BCUT2D eigenvalue weighted by Crippen LogP contribution is 2.28. The smallest absolute Gasteiger partial charge is 0.243 e. The molecule has 33 heavy (non-hydrogen) atoms. The van der Waals surface area contributed by atoms with Crippen LogP contribution >= 0.6 is 46.4 Å². The van der Waals surface area contributed by atoms with Crippen molar-refractivity contribution in [3.8, 4) is 0 Å². The molecule has 1 atom stereocenters. The number of hydrogen-bond donors (Lipinski definition) is 1. The van der Waals surface area contributed by atoms with Crippen molar-refractivity contribution in [1.82, 2.24) is 10.2 Å². The van der Waals surface area contributed by atoms with Crippen LogP contribution in [0.2, 0.25) is 20.1 Å². The topological polar surface area (TPSA) is 49.4 Å². The van der Waals surface area contributed by atoms with Crippen molar-refractivity contribution in [1.29, 1.82) is 0 Å². The molecule has 1 aliphatic rings. The summed E-state index contributed by atoms with van der Waals surface area (Å²) in [5.41, 5.74) is 1.33. The van der Waals surface area contributed by atoms with E-state index in [9.17, 15) is 9.59 Å². The number of benzene rings is 2. The molecule has 1 N–H and O–H groups in total. The van der Waals surface area contributed by atoms with Crippen LogP contribution in [0.25, 0.3) is 0 Å². The van der Waals surface area contributed by atoms with Gasteiger partial charge in [-0.2, -0.15) is 0 Å². The standard InChI is InChI=1S/C25H28Cl4N2O2/c1-2-23(25(33)30-17-7-4-3-5-8-17)31(15-16-11-12-21(28)22(29)13-16)24(32)14-18-19(26)9-6-10-20(18)27/h6,9-13,17,23H,2-5,7-8,14-15H2,1H3,(H,30,33)/t23-/m0/s1. The third-order valence-corrected chi connectivity index (χ3v) is 7.51. The number of carbonyl (C=O) groups excluding carboxylic acids is 2. The summed E-state index contributed by atoms with van der Waals surface area (Å²) in [7, 11) is 0. The quantitative estimate of drug-likeness (QED) is 0.396. The molecule has 2 aromatic carbocycles. The SMILES string of the molecule is CC[C@@H](C(=O)NC1CCCCC1)N(Cc1ccc(Cl)c(Cl)c1)C(=O)Cc1c(Cl)cccc1Cl. The van der Waals surface area contributed by atoms with Crippen LogP contribution in [0, 0.1) is 0 Å². The lowest BCUT2D eigenvalue weighted by molar-refractivity contribution is -0.141. The largest absolute Gasteiger partial charge is 0.352 e. The van der Waals surface area contributed by atoms with Crippen LogP contribution in [0.1, 0.15) is 56.6 Å². The van der Waals surface area contributed by atoms with Crippen LogP contribution in [-0.4, -0.2) is 28.8 Å². The van der Waals surface area contributed by atoms with Gasteiger partial charge >= 0.3 is 0 Å². The summed E-state index contributed by atoms with van der Waals surface area (Å²) in [5.74, 6) is -0.371. The molecule has 0 heterocycles. The van der Waals surface area contributed by atoms with Crippen LogP contribution in [0.5, 0.6) is 0 Å². The fourth-order valence-electron chi connectivity index (χ4n) is 4.25. The van der Waals surface area contributed by atoms with Gasteiger partial charge in [0.05, 0.1) is 16.5 Å².